The first kappa shape index (κ1) is 13.8. The summed E-state index contributed by atoms with van der Waals surface area (Å²) in [4.78, 5) is 11.9. The van der Waals surface area contributed by atoms with Gasteiger partial charge in [0.15, 0.2) is 0 Å². The van der Waals surface area contributed by atoms with Gasteiger partial charge in [0.2, 0.25) is 0 Å². The SMILES string of the molecule is C/C(=N/NC(=O)c1cccc(C)c1)c1ccc(N)cc1. The second-order valence-electron chi connectivity index (χ2n) is 4.63. The van der Waals surface area contributed by atoms with Crippen molar-refractivity contribution in [1.29, 1.82) is 0 Å². The Morgan fingerprint density at radius 3 is 2.45 bits per heavy atom. The lowest BCUT2D eigenvalue weighted by atomic mass is 10.1. The highest BCUT2D eigenvalue weighted by Gasteiger charge is 2.04. The van der Waals surface area contributed by atoms with Crippen LogP contribution in [0.5, 0.6) is 0 Å². The molecule has 0 heterocycles. The number of hydrogen-bond donors (Lipinski definition) is 2. The zero-order valence-corrected chi connectivity index (χ0v) is 11.6. The Kier molecular flexibility index (Phi) is 4.15. The Bertz CT molecular complexity index is 645. The Morgan fingerprint density at radius 2 is 1.80 bits per heavy atom. The van der Waals surface area contributed by atoms with E-state index < -0.39 is 0 Å². The highest BCUT2D eigenvalue weighted by molar-refractivity contribution is 6.01. The van der Waals surface area contributed by atoms with Gasteiger partial charge in [-0.15, -0.1) is 0 Å². The summed E-state index contributed by atoms with van der Waals surface area (Å²) in [6.45, 7) is 3.78. The van der Waals surface area contributed by atoms with Crippen LogP contribution < -0.4 is 11.2 Å². The van der Waals surface area contributed by atoms with Crippen molar-refractivity contribution in [3.63, 3.8) is 0 Å². The number of rotatable bonds is 3. The van der Waals surface area contributed by atoms with Gasteiger partial charge in [-0.3, -0.25) is 4.79 Å². The Hall–Kier alpha value is -2.62. The van der Waals surface area contributed by atoms with E-state index in [1.165, 1.54) is 0 Å². The maximum absolute atomic E-state index is 11.9. The van der Waals surface area contributed by atoms with Gasteiger partial charge in [0.05, 0.1) is 5.71 Å². The molecule has 2 aromatic rings. The standard InChI is InChI=1S/C16H17N3O/c1-11-4-3-5-14(10-11)16(20)19-18-12(2)13-6-8-15(17)9-7-13/h3-10H,17H2,1-2H3,(H,19,20)/b18-12-. The van der Waals surface area contributed by atoms with Crippen LogP contribution >= 0.6 is 0 Å². The number of nitrogens with one attached hydrogen (secondary N) is 1. The molecule has 0 aliphatic heterocycles. The van der Waals surface area contributed by atoms with Gasteiger partial charge >= 0.3 is 0 Å². The molecule has 4 nitrogen and oxygen atoms in total. The zero-order chi connectivity index (χ0) is 14.5. The lowest BCUT2D eigenvalue weighted by Gasteiger charge is -2.04. The molecule has 0 atom stereocenters. The van der Waals surface area contributed by atoms with Crippen molar-refractivity contribution in [1.82, 2.24) is 5.43 Å². The molecule has 0 saturated carbocycles. The summed E-state index contributed by atoms with van der Waals surface area (Å²) in [7, 11) is 0. The molecule has 0 aliphatic carbocycles. The third kappa shape index (κ3) is 3.45. The van der Waals surface area contributed by atoms with E-state index in [4.69, 9.17) is 5.73 Å². The van der Waals surface area contributed by atoms with Crippen molar-refractivity contribution in [2.24, 2.45) is 5.10 Å². The van der Waals surface area contributed by atoms with Crippen LogP contribution in [0, 0.1) is 6.92 Å². The lowest BCUT2D eigenvalue weighted by molar-refractivity contribution is 0.0954. The number of hydrazone groups is 1. The number of nitrogen functional groups attached to an aromatic ring is 1. The minimum Gasteiger partial charge on any atom is -0.399 e. The first-order valence-corrected chi connectivity index (χ1v) is 6.33. The number of nitrogens with zero attached hydrogens (tertiary/aromatic N) is 1. The molecule has 2 aromatic carbocycles. The van der Waals surface area contributed by atoms with Crippen molar-refractivity contribution in [2.75, 3.05) is 5.73 Å². The van der Waals surface area contributed by atoms with Crippen LogP contribution in [0.2, 0.25) is 0 Å². The number of nitrogens with two attached hydrogens (primary N) is 1. The third-order valence-electron chi connectivity index (χ3n) is 2.93. The molecule has 0 radical (unpaired) electrons. The van der Waals surface area contributed by atoms with E-state index in [0.29, 0.717) is 11.3 Å². The molecule has 0 saturated heterocycles. The Morgan fingerprint density at radius 1 is 1.10 bits per heavy atom. The smallest absolute Gasteiger partial charge is 0.271 e. The first-order chi connectivity index (χ1) is 9.56. The fourth-order valence-electron chi connectivity index (χ4n) is 1.77. The summed E-state index contributed by atoms with van der Waals surface area (Å²) in [5, 5.41) is 4.11. The van der Waals surface area contributed by atoms with Crippen LogP contribution in [0.15, 0.2) is 53.6 Å². The van der Waals surface area contributed by atoms with Gasteiger partial charge < -0.3 is 5.73 Å². The molecule has 20 heavy (non-hydrogen) atoms. The molecule has 0 aliphatic rings. The Balaban J connectivity index is 2.08. The van der Waals surface area contributed by atoms with E-state index in [2.05, 4.69) is 10.5 Å². The molecule has 3 N–H and O–H groups in total. The molecule has 102 valence electrons. The fraction of sp³-hybridized carbons (Fsp3) is 0.125. The largest absolute Gasteiger partial charge is 0.399 e. The van der Waals surface area contributed by atoms with Crippen molar-refractivity contribution in [2.45, 2.75) is 13.8 Å². The average Bonchev–Trinajstić information content (AvgIpc) is 2.45. The van der Waals surface area contributed by atoms with E-state index >= 15 is 0 Å². The van der Waals surface area contributed by atoms with Crippen molar-refractivity contribution in [3.05, 3.63) is 65.2 Å². The van der Waals surface area contributed by atoms with Crippen molar-refractivity contribution < 1.29 is 4.79 Å². The van der Waals surface area contributed by atoms with E-state index in [1.54, 1.807) is 18.2 Å². The summed E-state index contributed by atoms with van der Waals surface area (Å²) >= 11 is 0. The van der Waals surface area contributed by atoms with Crippen LogP contribution in [0.1, 0.15) is 28.4 Å². The monoisotopic (exact) mass is 267 g/mol. The molecule has 0 fully saturated rings. The van der Waals surface area contributed by atoms with Gasteiger partial charge in [0.25, 0.3) is 5.91 Å². The molecule has 0 spiro atoms. The molecular weight excluding hydrogens is 250 g/mol. The normalized spacial score (nSPS) is 11.2. The number of amides is 1. The van der Waals surface area contributed by atoms with Crippen molar-refractivity contribution >= 4 is 17.3 Å². The number of benzene rings is 2. The molecular formula is C16H17N3O. The number of hydrogen-bond acceptors (Lipinski definition) is 3. The third-order valence-corrected chi connectivity index (χ3v) is 2.93. The summed E-state index contributed by atoms with van der Waals surface area (Å²) in [5.74, 6) is -0.219. The second kappa shape index (κ2) is 6.02. The topological polar surface area (TPSA) is 67.5 Å². The van der Waals surface area contributed by atoms with Gasteiger partial charge in [-0.2, -0.15) is 5.10 Å². The minimum absolute atomic E-state index is 0.219. The van der Waals surface area contributed by atoms with E-state index in [0.717, 1.165) is 16.8 Å². The summed E-state index contributed by atoms with van der Waals surface area (Å²) in [6, 6.07) is 14.7. The molecule has 1 amide bonds. The number of anilines is 1. The highest BCUT2D eigenvalue weighted by atomic mass is 16.2. The van der Waals surface area contributed by atoms with Gasteiger partial charge in [-0.05, 0) is 43.7 Å². The Labute approximate surface area is 118 Å². The highest BCUT2D eigenvalue weighted by Crippen LogP contribution is 2.07. The quantitative estimate of drug-likeness (QED) is 0.510. The maximum Gasteiger partial charge on any atom is 0.271 e. The second-order valence-corrected chi connectivity index (χ2v) is 4.63. The van der Waals surface area contributed by atoms with E-state index in [9.17, 15) is 4.79 Å². The predicted molar refractivity (Wildman–Crippen MR) is 81.7 cm³/mol. The summed E-state index contributed by atoms with van der Waals surface area (Å²) in [5.41, 5.74) is 12.2. The fourth-order valence-corrected chi connectivity index (χ4v) is 1.77. The first-order valence-electron chi connectivity index (χ1n) is 6.33. The molecule has 2 rings (SSSR count). The van der Waals surface area contributed by atoms with Crippen LogP contribution in [0.3, 0.4) is 0 Å². The van der Waals surface area contributed by atoms with Crippen LogP contribution in [-0.4, -0.2) is 11.6 Å². The van der Waals surface area contributed by atoms with Gasteiger partial charge in [0.1, 0.15) is 0 Å². The summed E-state index contributed by atoms with van der Waals surface area (Å²) < 4.78 is 0. The van der Waals surface area contributed by atoms with Gasteiger partial charge in [0, 0.05) is 11.3 Å². The van der Waals surface area contributed by atoms with Crippen LogP contribution in [0.4, 0.5) is 5.69 Å². The van der Waals surface area contributed by atoms with Crippen molar-refractivity contribution in [3.8, 4) is 0 Å². The lowest BCUT2D eigenvalue weighted by Crippen LogP contribution is -2.19. The number of carbonyl (C=O) groups excluding carboxylic acids is 1. The number of carbonyl (C=O) groups is 1. The average molecular weight is 267 g/mol. The minimum atomic E-state index is -0.219. The van der Waals surface area contributed by atoms with Crippen LogP contribution in [0.25, 0.3) is 0 Å². The molecule has 0 aromatic heterocycles. The predicted octanol–water partition coefficient (Wildman–Crippen LogP) is 2.73. The molecule has 0 unspecified atom stereocenters. The zero-order valence-electron chi connectivity index (χ0n) is 11.6. The summed E-state index contributed by atoms with van der Waals surface area (Å²) in [6.07, 6.45) is 0. The van der Waals surface area contributed by atoms with Crippen LogP contribution in [-0.2, 0) is 0 Å². The van der Waals surface area contributed by atoms with Gasteiger partial charge in [-0.1, -0.05) is 29.8 Å². The molecule has 0 bridgehead atoms. The van der Waals surface area contributed by atoms with Gasteiger partial charge in [-0.25, -0.2) is 5.43 Å². The maximum atomic E-state index is 11.9. The molecule has 4 heteroatoms. The van der Waals surface area contributed by atoms with E-state index in [1.807, 2.05) is 44.2 Å². The number of aryl methyl sites for hydroxylation is 1. The van der Waals surface area contributed by atoms with E-state index in [-0.39, 0.29) is 5.91 Å².